The van der Waals surface area contributed by atoms with E-state index in [-0.39, 0.29) is 4.90 Å². The maximum atomic E-state index is 12.8. The highest BCUT2D eigenvalue weighted by Gasteiger charge is 2.30. The van der Waals surface area contributed by atoms with Crippen molar-refractivity contribution < 1.29 is 21.6 Å². The summed E-state index contributed by atoms with van der Waals surface area (Å²) < 4.78 is 64.7. The molecule has 1 atom stereocenters. The number of nitrogens with zero attached hydrogens (tertiary/aromatic N) is 2. The summed E-state index contributed by atoms with van der Waals surface area (Å²) >= 11 is 0. The summed E-state index contributed by atoms with van der Waals surface area (Å²) in [7, 11) is -2.31. The van der Waals surface area contributed by atoms with E-state index in [1.165, 1.54) is 18.5 Å². The Balaban J connectivity index is 2.06. The molecular weight excluding hydrogens is 417 g/mol. The second kappa shape index (κ2) is 7.77. The molecule has 0 amide bonds. The van der Waals surface area contributed by atoms with Crippen molar-refractivity contribution in [1.82, 2.24) is 9.55 Å². The molecule has 6 nitrogen and oxygen atoms in total. The van der Waals surface area contributed by atoms with Gasteiger partial charge in [-0.05, 0) is 43.2 Å². The fourth-order valence-electron chi connectivity index (χ4n) is 3.25. The van der Waals surface area contributed by atoms with Crippen molar-refractivity contribution in [3.05, 3.63) is 65.6 Å². The maximum Gasteiger partial charge on any atom is 0.416 e. The molecule has 160 valence electrons. The van der Waals surface area contributed by atoms with Gasteiger partial charge in [0, 0.05) is 30.5 Å². The van der Waals surface area contributed by atoms with Gasteiger partial charge in [-0.2, -0.15) is 13.2 Å². The molecule has 0 spiro atoms. The Morgan fingerprint density at radius 3 is 2.27 bits per heavy atom. The lowest BCUT2D eigenvalue weighted by Crippen LogP contribution is -2.17. The fraction of sp³-hybridized carbons (Fsp3) is 0.250. The number of benzene rings is 2. The Hall–Kier alpha value is -2.85. The van der Waals surface area contributed by atoms with Crippen LogP contribution in [0.1, 0.15) is 29.7 Å². The molecule has 3 aromatic rings. The third-order valence-electron chi connectivity index (χ3n) is 4.71. The van der Waals surface area contributed by atoms with Crippen LogP contribution in [0.15, 0.2) is 53.8 Å². The number of anilines is 1. The van der Waals surface area contributed by atoms with E-state index >= 15 is 0 Å². The summed E-state index contributed by atoms with van der Waals surface area (Å²) in [4.78, 5) is 4.21. The predicted molar refractivity (Wildman–Crippen MR) is 108 cm³/mol. The van der Waals surface area contributed by atoms with E-state index in [9.17, 15) is 21.6 Å². The van der Waals surface area contributed by atoms with Crippen LogP contribution in [0.25, 0.3) is 11.3 Å². The molecule has 0 bridgehead atoms. The molecule has 0 saturated heterocycles. The molecule has 2 aromatic carbocycles. The van der Waals surface area contributed by atoms with E-state index < -0.39 is 27.8 Å². The Labute approximate surface area is 172 Å². The van der Waals surface area contributed by atoms with E-state index in [2.05, 4.69) is 10.3 Å². The first kappa shape index (κ1) is 21.8. The summed E-state index contributed by atoms with van der Waals surface area (Å²) in [5, 5.41) is 8.66. The normalized spacial score (nSPS) is 13.3. The Kier molecular flexibility index (Phi) is 5.66. The number of sulfonamides is 1. The molecule has 0 aliphatic heterocycles. The van der Waals surface area contributed by atoms with Crippen LogP contribution in [0, 0.1) is 6.92 Å². The summed E-state index contributed by atoms with van der Waals surface area (Å²) in [5.41, 5.74) is 1.51. The van der Waals surface area contributed by atoms with Crippen LogP contribution < -0.4 is 10.5 Å². The minimum atomic E-state index is -4.41. The molecule has 0 unspecified atom stereocenters. The number of aryl methyl sites for hydroxylation is 2. The molecule has 1 aromatic heterocycles. The summed E-state index contributed by atoms with van der Waals surface area (Å²) in [6, 6.07) is 7.70. The number of alkyl halides is 3. The van der Waals surface area contributed by atoms with E-state index in [0.717, 1.165) is 12.1 Å². The Bertz CT molecular complexity index is 1170. The molecule has 0 aliphatic carbocycles. The molecule has 3 N–H and O–H groups in total. The number of aromatic nitrogens is 2. The van der Waals surface area contributed by atoms with E-state index in [4.69, 9.17) is 5.14 Å². The zero-order valence-electron chi connectivity index (χ0n) is 16.5. The van der Waals surface area contributed by atoms with Gasteiger partial charge in [-0.25, -0.2) is 18.5 Å². The van der Waals surface area contributed by atoms with Crippen molar-refractivity contribution in [2.24, 2.45) is 12.2 Å². The minimum Gasteiger partial charge on any atom is -0.378 e. The molecule has 30 heavy (non-hydrogen) atoms. The third-order valence-corrected chi connectivity index (χ3v) is 5.81. The number of hydrogen-bond acceptors (Lipinski definition) is 4. The second-order valence-electron chi connectivity index (χ2n) is 7.09. The number of nitrogens with one attached hydrogen (secondary N) is 1. The van der Waals surface area contributed by atoms with Gasteiger partial charge < -0.3 is 9.88 Å². The molecule has 1 heterocycles. The molecule has 10 heteroatoms. The quantitative estimate of drug-likeness (QED) is 0.624. The van der Waals surface area contributed by atoms with Crippen LogP contribution in [-0.4, -0.2) is 18.0 Å². The van der Waals surface area contributed by atoms with Crippen molar-refractivity contribution in [1.29, 1.82) is 0 Å². The lowest BCUT2D eigenvalue weighted by atomic mass is 10.0. The summed E-state index contributed by atoms with van der Waals surface area (Å²) in [6.45, 7) is 3.40. The van der Waals surface area contributed by atoms with Crippen molar-refractivity contribution in [3.63, 3.8) is 0 Å². The van der Waals surface area contributed by atoms with Crippen molar-refractivity contribution in [2.45, 2.75) is 31.0 Å². The number of halogens is 3. The highest BCUT2D eigenvalue weighted by molar-refractivity contribution is 7.89. The average Bonchev–Trinajstić information content (AvgIpc) is 3.07. The van der Waals surface area contributed by atoms with Gasteiger partial charge in [-0.15, -0.1) is 0 Å². The van der Waals surface area contributed by atoms with E-state index in [1.54, 1.807) is 43.8 Å². The smallest absolute Gasteiger partial charge is 0.378 e. The van der Waals surface area contributed by atoms with Gasteiger partial charge >= 0.3 is 6.18 Å². The van der Waals surface area contributed by atoms with Gasteiger partial charge in [-0.3, -0.25) is 0 Å². The average molecular weight is 438 g/mol. The number of rotatable bonds is 5. The predicted octanol–water partition coefficient (Wildman–Crippen LogP) is 4.23. The minimum absolute atomic E-state index is 0.0502. The Morgan fingerprint density at radius 2 is 1.77 bits per heavy atom. The zero-order valence-corrected chi connectivity index (χ0v) is 17.3. The molecule has 3 rings (SSSR count). The standard InChI is InChI=1S/C20H21F3N4O2S/c1-12-4-9-16(18(19(12)30(24,28)29)17-10-27(3)11-25-17)26-13(2)14-5-7-15(8-6-14)20(21,22)23/h4-11,13,26H,1-3H3,(H2,24,28,29)/t13-/m1/s1. The van der Waals surface area contributed by atoms with Crippen molar-refractivity contribution in [3.8, 4) is 11.3 Å². The van der Waals surface area contributed by atoms with Crippen molar-refractivity contribution in [2.75, 3.05) is 5.32 Å². The number of primary sulfonamides is 1. The zero-order chi connectivity index (χ0) is 22.3. The first-order valence-corrected chi connectivity index (χ1v) is 10.5. The van der Waals surface area contributed by atoms with Crippen LogP contribution >= 0.6 is 0 Å². The van der Waals surface area contributed by atoms with Crippen LogP contribution in [0.5, 0.6) is 0 Å². The monoisotopic (exact) mass is 438 g/mol. The van der Waals surface area contributed by atoms with Gasteiger partial charge in [0.25, 0.3) is 0 Å². The highest BCUT2D eigenvalue weighted by Crippen LogP contribution is 2.37. The molecule has 0 aliphatic rings. The number of imidazole rings is 1. The van der Waals surface area contributed by atoms with Crippen LogP contribution in [0.4, 0.5) is 18.9 Å². The lowest BCUT2D eigenvalue weighted by Gasteiger charge is -2.21. The van der Waals surface area contributed by atoms with Gasteiger partial charge in [0.05, 0.1) is 22.5 Å². The largest absolute Gasteiger partial charge is 0.416 e. The van der Waals surface area contributed by atoms with Gasteiger partial charge in [0.15, 0.2) is 0 Å². The molecule has 0 saturated carbocycles. The molecule has 0 radical (unpaired) electrons. The van der Waals surface area contributed by atoms with Crippen molar-refractivity contribution >= 4 is 15.7 Å². The Morgan fingerprint density at radius 1 is 1.13 bits per heavy atom. The van der Waals surface area contributed by atoms with E-state index in [1.807, 2.05) is 0 Å². The second-order valence-corrected chi connectivity index (χ2v) is 8.59. The van der Waals surface area contributed by atoms with E-state index in [0.29, 0.717) is 28.1 Å². The van der Waals surface area contributed by atoms with Gasteiger partial charge in [0.1, 0.15) is 0 Å². The highest BCUT2D eigenvalue weighted by atomic mass is 32.2. The summed E-state index contributed by atoms with van der Waals surface area (Å²) in [5.74, 6) is 0. The molecular formula is C20H21F3N4O2S. The first-order chi connectivity index (χ1) is 13.9. The number of hydrogen-bond donors (Lipinski definition) is 2. The number of nitrogens with two attached hydrogens (primary N) is 1. The lowest BCUT2D eigenvalue weighted by molar-refractivity contribution is -0.137. The molecule has 0 fully saturated rings. The van der Waals surface area contributed by atoms with Gasteiger partial charge in [0.2, 0.25) is 10.0 Å². The first-order valence-electron chi connectivity index (χ1n) is 8.96. The maximum absolute atomic E-state index is 12.8. The van der Waals surface area contributed by atoms with Crippen LogP contribution in [0.3, 0.4) is 0 Å². The summed E-state index contributed by atoms with van der Waals surface area (Å²) in [6.07, 6.45) is -1.21. The van der Waals surface area contributed by atoms with Crippen LogP contribution in [0.2, 0.25) is 0 Å². The van der Waals surface area contributed by atoms with Crippen LogP contribution in [-0.2, 0) is 23.2 Å². The fourth-order valence-corrected chi connectivity index (χ4v) is 4.26. The SMILES string of the molecule is Cc1ccc(N[C@H](C)c2ccc(C(F)(F)F)cc2)c(-c2cn(C)cn2)c1S(N)(=O)=O. The van der Waals surface area contributed by atoms with Gasteiger partial charge in [-0.1, -0.05) is 18.2 Å². The third kappa shape index (κ3) is 4.49. The topological polar surface area (TPSA) is 90.0 Å².